The molecule has 0 aliphatic heterocycles. The van der Waals surface area contributed by atoms with Crippen LogP contribution in [0, 0.1) is 5.92 Å². The van der Waals surface area contributed by atoms with E-state index in [0.29, 0.717) is 30.2 Å². The van der Waals surface area contributed by atoms with E-state index in [1.54, 1.807) is 0 Å². The summed E-state index contributed by atoms with van der Waals surface area (Å²) in [6.07, 6.45) is 0. The van der Waals surface area contributed by atoms with Crippen LogP contribution in [-0.4, -0.2) is 19.0 Å². The third-order valence-electron chi connectivity index (χ3n) is 1.92. The van der Waals surface area contributed by atoms with Crippen LogP contribution in [-0.2, 0) is 11.3 Å². The molecule has 2 N–H and O–H groups in total. The molecule has 0 atom stereocenters. The molecular formula is C11H17BrN2O2. The van der Waals surface area contributed by atoms with Gasteiger partial charge in [0.2, 0.25) is 5.91 Å². The Morgan fingerprint density at radius 1 is 1.50 bits per heavy atom. The zero-order valence-electron chi connectivity index (χ0n) is 9.55. The van der Waals surface area contributed by atoms with Crippen molar-refractivity contribution in [2.24, 2.45) is 5.92 Å². The fourth-order valence-electron chi connectivity index (χ4n) is 1.13. The second kappa shape index (κ2) is 6.70. The number of furan rings is 1. The van der Waals surface area contributed by atoms with Gasteiger partial charge in [-0.3, -0.25) is 4.79 Å². The van der Waals surface area contributed by atoms with Gasteiger partial charge in [0.25, 0.3) is 0 Å². The number of hydrogen-bond acceptors (Lipinski definition) is 3. The van der Waals surface area contributed by atoms with Crippen LogP contribution in [0.3, 0.4) is 0 Å². The normalized spacial score (nSPS) is 10.8. The van der Waals surface area contributed by atoms with Crippen LogP contribution >= 0.6 is 15.9 Å². The van der Waals surface area contributed by atoms with Gasteiger partial charge in [-0.1, -0.05) is 13.8 Å². The highest BCUT2D eigenvalue weighted by Crippen LogP contribution is 2.13. The fourth-order valence-corrected chi connectivity index (χ4v) is 1.47. The van der Waals surface area contributed by atoms with Crippen LogP contribution in [0.5, 0.6) is 0 Å². The summed E-state index contributed by atoms with van der Waals surface area (Å²) in [6, 6.07) is 3.69. The lowest BCUT2D eigenvalue weighted by Crippen LogP contribution is -2.35. The van der Waals surface area contributed by atoms with Gasteiger partial charge in [-0.25, -0.2) is 0 Å². The Morgan fingerprint density at radius 2 is 2.25 bits per heavy atom. The Balaban J connectivity index is 2.13. The average Bonchev–Trinajstić information content (AvgIpc) is 2.61. The number of amides is 1. The molecule has 0 saturated carbocycles. The zero-order valence-corrected chi connectivity index (χ0v) is 11.1. The van der Waals surface area contributed by atoms with E-state index in [-0.39, 0.29) is 5.91 Å². The maximum atomic E-state index is 11.3. The molecule has 4 nitrogen and oxygen atoms in total. The predicted molar refractivity (Wildman–Crippen MR) is 66.0 cm³/mol. The zero-order chi connectivity index (χ0) is 12.0. The molecule has 1 aromatic rings. The van der Waals surface area contributed by atoms with Gasteiger partial charge < -0.3 is 15.1 Å². The van der Waals surface area contributed by atoms with Crippen LogP contribution in [0.2, 0.25) is 0 Å². The number of halogens is 1. The summed E-state index contributed by atoms with van der Waals surface area (Å²) in [5.41, 5.74) is 0. The Hall–Kier alpha value is -0.810. The van der Waals surface area contributed by atoms with Gasteiger partial charge in [0.1, 0.15) is 5.76 Å². The van der Waals surface area contributed by atoms with Gasteiger partial charge in [0.15, 0.2) is 4.67 Å². The first-order chi connectivity index (χ1) is 7.58. The first-order valence-electron chi connectivity index (χ1n) is 5.29. The Bertz CT molecular complexity index is 336. The summed E-state index contributed by atoms with van der Waals surface area (Å²) in [5, 5.41) is 5.84. The standard InChI is InChI=1S/C11H17BrN2O2/c1-8(2)5-14-11(15)7-13-6-9-3-4-10(12)16-9/h3-4,8,13H,5-7H2,1-2H3,(H,14,15). The van der Waals surface area contributed by atoms with Crippen molar-refractivity contribution in [1.29, 1.82) is 0 Å². The first kappa shape index (κ1) is 13.3. The Kier molecular flexibility index (Phi) is 5.55. The molecule has 1 rings (SSSR count). The maximum Gasteiger partial charge on any atom is 0.233 e. The van der Waals surface area contributed by atoms with E-state index in [1.807, 2.05) is 12.1 Å². The largest absolute Gasteiger partial charge is 0.453 e. The molecule has 0 radical (unpaired) electrons. The molecule has 0 aliphatic carbocycles. The van der Waals surface area contributed by atoms with Gasteiger partial charge >= 0.3 is 0 Å². The van der Waals surface area contributed by atoms with E-state index in [9.17, 15) is 4.79 Å². The summed E-state index contributed by atoms with van der Waals surface area (Å²) >= 11 is 3.22. The average molecular weight is 289 g/mol. The van der Waals surface area contributed by atoms with E-state index in [4.69, 9.17) is 4.42 Å². The molecule has 90 valence electrons. The van der Waals surface area contributed by atoms with Gasteiger partial charge in [0.05, 0.1) is 13.1 Å². The van der Waals surface area contributed by atoms with Crippen LogP contribution in [0.4, 0.5) is 0 Å². The molecule has 0 aromatic carbocycles. The van der Waals surface area contributed by atoms with Crippen LogP contribution in [0.1, 0.15) is 19.6 Å². The minimum absolute atomic E-state index is 0.0133. The van der Waals surface area contributed by atoms with Crippen molar-refractivity contribution >= 4 is 21.8 Å². The summed E-state index contributed by atoms with van der Waals surface area (Å²) in [5.74, 6) is 1.30. The van der Waals surface area contributed by atoms with Gasteiger partial charge in [-0.15, -0.1) is 0 Å². The maximum absolute atomic E-state index is 11.3. The highest BCUT2D eigenvalue weighted by molar-refractivity contribution is 9.10. The molecule has 0 saturated heterocycles. The minimum Gasteiger partial charge on any atom is -0.453 e. The molecule has 1 heterocycles. The van der Waals surface area contributed by atoms with Gasteiger partial charge in [-0.2, -0.15) is 0 Å². The quantitative estimate of drug-likeness (QED) is 0.841. The number of rotatable bonds is 6. The summed E-state index contributed by atoms with van der Waals surface area (Å²) < 4.78 is 5.99. The van der Waals surface area contributed by atoms with Gasteiger partial charge in [-0.05, 0) is 34.0 Å². The third kappa shape index (κ3) is 5.32. The highest BCUT2D eigenvalue weighted by atomic mass is 79.9. The SMILES string of the molecule is CC(C)CNC(=O)CNCc1ccc(Br)o1. The van der Waals surface area contributed by atoms with E-state index in [0.717, 1.165) is 5.76 Å². The second-order valence-corrected chi connectivity index (χ2v) is 4.79. The molecule has 0 bridgehead atoms. The summed E-state index contributed by atoms with van der Waals surface area (Å²) in [4.78, 5) is 11.3. The van der Waals surface area contributed by atoms with E-state index >= 15 is 0 Å². The smallest absolute Gasteiger partial charge is 0.233 e. The number of carbonyl (C=O) groups is 1. The number of hydrogen-bond donors (Lipinski definition) is 2. The van der Waals surface area contributed by atoms with Crippen molar-refractivity contribution in [2.75, 3.05) is 13.1 Å². The van der Waals surface area contributed by atoms with Crippen molar-refractivity contribution < 1.29 is 9.21 Å². The monoisotopic (exact) mass is 288 g/mol. The molecule has 1 aromatic heterocycles. The Labute approximate surface area is 104 Å². The molecular weight excluding hydrogens is 272 g/mol. The van der Waals surface area contributed by atoms with Gasteiger partial charge in [0, 0.05) is 6.54 Å². The summed E-state index contributed by atoms with van der Waals surface area (Å²) in [6.45, 7) is 5.71. The molecule has 16 heavy (non-hydrogen) atoms. The Morgan fingerprint density at radius 3 is 2.81 bits per heavy atom. The van der Waals surface area contributed by atoms with Crippen molar-refractivity contribution in [3.63, 3.8) is 0 Å². The molecule has 0 spiro atoms. The van der Waals surface area contributed by atoms with E-state index < -0.39 is 0 Å². The van der Waals surface area contributed by atoms with Crippen LogP contribution in [0.25, 0.3) is 0 Å². The summed E-state index contributed by atoms with van der Waals surface area (Å²) in [7, 11) is 0. The van der Waals surface area contributed by atoms with Crippen molar-refractivity contribution in [1.82, 2.24) is 10.6 Å². The molecule has 5 heteroatoms. The molecule has 0 fully saturated rings. The molecule has 1 amide bonds. The fraction of sp³-hybridized carbons (Fsp3) is 0.545. The highest BCUT2D eigenvalue weighted by Gasteiger charge is 2.03. The van der Waals surface area contributed by atoms with E-state index in [1.165, 1.54) is 0 Å². The van der Waals surface area contributed by atoms with Crippen LogP contribution in [0.15, 0.2) is 21.2 Å². The molecule has 0 unspecified atom stereocenters. The minimum atomic E-state index is 0.0133. The van der Waals surface area contributed by atoms with Crippen molar-refractivity contribution in [3.05, 3.63) is 22.6 Å². The molecule has 0 aliphatic rings. The predicted octanol–water partition coefficient (Wildman–Crippen LogP) is 1.90. The third-order valence-corrected chi connectivity index (χ3v) is 2.35. The lowest BCUT2D eigenvalue weighted by atomic mass is 10.2. The van der Waals surface area contributed by atoms with Crippen molar-refractivity contribution in [2.45, 2.75) is 20.4 Å². The number of carbonyl (C=O) groups excluding carboxylic acids is 1. The second-order valence-electron chi connectivity index (χ2n) is 4.01. The first-order valence-corrected chi connectivity index (χ1v) is 6.09. The lowest BCUT2D eigenvalue weighted by Gasteiger charge is -2.07. The van der Waals surface area contributed by atoms with E-state index in [2.05, 4.69) is 40.4 Å². The van der Waals surface area contributed by atoms with Crippen molar-refractivity contribution in [3.8, 4) is 0 Å². The number of nitrogens with one attached hydrogen (secondary N) is 2. The van der Waals surface area contributed by atoms with Crippen LogP contribution < -0.4 is 10.6 Å². The lowest BCUT2D eigenvalue weighted by molar-refractivity contribution is -0.120. The topological polar surface area (TPSA) is 54.3 Å².